The molecule has 0 aromatic heterocycles. The Bertz CT molecular complexity index is 907. The third-order valence-corrected chi connectivity index (χ3v) is 4.33. The lowest BCUT2D eigenvalue weighted by molar-refractivity contribution is -0.119. The van der Waals surface area contributed by atoms with E-state index >= 15 is 0 Å². The summed E-state index contributed by atoms with van der Waals surface area (Å²) in [4.78, 5) is 26.5. The van der Waals surface area contributed by atoms with E-state index in [1.807, 2.05) is 13.8 Å². The highest BCUT2D eigenvalue weighted by atomic mass is 35.5. The number of halogens is 1. The summed E-state index contributed by atoms with van der Waals surface area (Å²) in [6.07, 6.45) is 0. The van der Waals surface area contributed by atoms with Crippen molar-refractivity contribution < 1.29 is 23.8 Å². The number of ether oxygens (including phenoxy) is 3. The van der Waals surface area contributed by atoms with Gasteiger partial charge in [0.05, 0.1) is 44.8 Å². The summed E-state index contributed by atoms with van der Waals surface area (Å²) in [5.74, 6) is 1.09. The van der Waals surface area contributed by atoms with Crippen molar-refractivity contribution in [2.75, 3.05) is 51.1 Å². The SMILES string of the molecule is CCOc1ccc(OCC)c(NC(=O)CN(C)CC(=O)Nc2cc(Cl)ccc2OC)c1. The molecule has 0 aliphatic carbocycles. The van der Waals surface area contributed by atoms with Gasteiger partial charge < -0.3 is 24.8 Å². The molecule has 0 saturated carbocycles. The predicted octanol–water partition coefficient (Wildman–Crippen LogP) is 3.66. The van der Waals surface area contributed by atoms with Crippen LogP contribution in [0, 0.1) is 0 Å². The third-order valence-electron chi connectivity index (χ3n) is 4.10. The van der Waals surface area contributed by atoms with Gasteiger partial charge in [0.2, 0.25) is 11.8 Å². The molecule has 0 aliphatic heterocycles. The summed E-state index contributed by atoms with van der Waals surface area (Å²) >= 11 is 5.99. The Kier molecular flexibility index (Phi) is 9.42. The van der Waals surface area contributed by atoms with Crippen molar-refractivity contribution in [1.29, 1.82) is 0 Å². The van der Waals surface area contributed by atoms with E-state index in [2.05, 4.69) is 10.6 Å². The van der Waals surface area contributed by atoms with E-state index in [0.717, 1.165) is 0 Å². The monoisotopic (exact) mass is 449 g/mol. The highest BCUT2D eigenvalue weighted by Gasteiger charge is 2.15. The largest absolute Gasteiger partial charge is 0.495 e. The molecule has 0 fully saturated rings. The van der Waals surface area contributed by atoms with Crippen LogP contribution in [0.2, 0.25) is 5.02 Å². The molecule has 31 heavy (non-hydrogen) atoms. The van der Waals surface area contributed by atoms with E-state index in [0.29, 0.717) is 46.9 Å². The number of carbonyl (C=O) groups excluding carboxylic acids is 2. The minimum absolute atomic E-state index is 0.000387. The highest BCUT2D eigenvalue weighted by Crippen LogP contribution is 2.30. The number of likely N-dealkylation sites (N-methyl/N-ethyl adjacent to an activating group) is 1. The van der Waals surface area contributed by atoms with Crippen molar-refractivity contribution in [2.45, 2.75) is 13.8 Å². The van der Waals surface area contributed by atoms with Crippen molar-refractivity contribution in [1.82, 2.24) is 4.90 Å². The average molecular weight is 450 g/mol. The van der Waals surface area contributed by atoms with Crippen LogP contribution < -0.4 is 24.8 Å². The second-order valence-electron chi connectivity index (χ2n) is 6.64. The molecule has 0 bridgehead atoms. The number of nitrogens with one attached hydrogen (secondary N) is 2. The number of nitrogens with zero attached hydrogens (tertiary/aromatic N) is 1. The van der Waals surface area contributed by atoms with Gasteiger partial charge >= 0.3 is 0 Å². The van der Waals surface area contributed by atoms with Crippen LogP contribution in [0.1, 0.15) is 13.8 Å². The Morgan fingerprint density at radius 2 is 1.48 bits per heavy atom. The molecule has 2 N–H and O–H groups in total. The van der Waals surface area contributed by atoms with Gasteiger partial charge in [0, 0.05) is 11.1 Å². The number of anilines is 2. The summed E-state index contributed by atoms with van der Waals surface area (Å²) < 4.78 is 16.3. The van der Waals surface area contributed by atoms with Crippen LogP contribution in [0.25, 0.3) is 0 Å². The number of rotatable bonds is 11. The lowest BCUT2D eigenvalue weighted by atomic mass is 10.2. The van der Waals surface area contributed by atoms with Gasteiger partial charge in [0.15, 0.2) is 0 Å². The van der Waals surface area contributed by atoms with Gasteiger partial charge in [-0.3, -0.25) is 14.5 Å². The van der Waals surface area contributed by atoms with Gasteiger partial charge in [0.1, 0.15) is 17.2 Å². The van der Waals surface area contributed by atoms with E-state index in [1.165, 1.54) is 7.11 Å². The number of hydrogen-bond donors (Lipinski definition) is 2. The van der Waals surface area contributed by atoms with Crippen molar-refractivity contribution >= 4 is 34.8 Å². The third kappa shape index (κ3) is 7.66. The zero-order chi connectivity index (χ0) is 22.8. The standard InChI is InChI=1S/C22H28ClN3O5/c1-5-30-16-8-10-20(31-6-2)18(12-16)25-22(28)14-26(3)13-21(27)24-17-11-15(23)7-9-19(17)29-4/h7-12H,5-6,13-14H2,1-4H3,(H,24,27)(H,25,28). The molecule has 0 unspecified atom stereocenters. The van der Waals surface area contributed by atoms with Crippen molar-refractivity contribution in [3.63, 3.8) is 0 Å². The van der Waals surface area contributed by atoms with Crippen LogP contribution in [0.15, 0.2) is 36.4 Å². The van der Waals surface area contributed by atoms with Crippen molar-refractivity contribution in [2.24, 2.45) is 0 Å². The molecule has 9 heteroatoms. The van der Waals surface area contributed by atoms with Crippen LogP contribution in [-0.2, 0) is 9.59 Å². The van der Waals surface area contributed by atoms with Crippen molar-refractivity contribution in [3.8, 4) is 17.2 Å². The number of methoxy groups -OCH3 is 1. The molecule has 0 aliphatic rings. The minimum Gasteiger partial charge on any atom is -0.495 e. The molecule has 168 valence electrons. The van der Waals surface area contributed by atoms with E-state index in [-0.39, 0.29) is 24.9 Å². The van der Waals surface area contributed by atoms with E-state index < -0.39 is 0 Å². The molecule has 8 nitrogen and oxygen atoms in total. The first kappa shape index (κ1) is 24.3. The molecule has 2 aromatic rings. The van der Waals surface area contributed by atoms with Gasteiger partial charge in [-0.1, -0.05) is 11.6 Å². The Morgan fingerprint density at radius 1 is 0.903 bits per heavy atom. The maximum absolute atomic E-state index is 12.5. The molecular formula is C22H28ClN3O5. The number of hydrogen-bond acceptors (Lipinski definition) is 6. The maximum atomic E-state index is 12.5. The second-order valence-corrected chi connectivity index (χ2v) is 7.07. The summed E-state index contributed by atoms with van der Waals surface area (Å²) in [6.45, 7) is 4.72. The van der Waals surface area contributed by atoms with E-state index in [9.17, 15) is 9.59 Å². The first-order valence-electron chi connectivity index (χ1n) is 9.87. The molecule has 2 rings (SSSR count). The fourth-order valence-electron chi connectivity index (χ4n) is 2.85. The van der Waals surface area contributed by atoms with Crippen LogP contribution in [0.4, 0.5) is 11.4 Å². The lowest BCUT2D eigenvalue weighted by Crippen LogP contribution is -2.36. The molecular weight excluding hydrogens is 422 g/mol. The van der Waals surface area contributed by atoms with Crippen LogP contribution in [-0.4, -0.2) is 57.2 Å². The number of benzene rings is 2. The molecule has 2 aromatic carbocycles. The summed E-state index contributed by atoms with van der Waals surface area (Å²) in [5, 5.41) is 6.04. The predicted molar refractivity (Wildman–Crippen MR) is 122 cm³/mol. The first-order valence-corrected chi connectivity index (χ1v) is 10.3. The normalized spacial score (nSPS) is 10.5. The van der Waals surface area contributed by atoms with E-state index in [4.69, 9.17) is 25.8 Å². The second kappa shape index (κ2) is 12.0. The van der Waals surface area contributed by atoms with Gasteiger partial charge in [-0.05, 0) is 51.2 Å². The zero-order valence-electron chi connectivity index (χ0n) is 18.2. The lowest BCUT2D eigenvalue weighted by Gasteiger charge is -2.18. The zero-order valence-corrected chi connectivity index (χ0v) is 18.9. The molecule has 0 radical (unpaired) electrons. The molecule has 0 atom stereocenters. The van der Waals surface area contributed by atoms with Crippen LogP contribution in [0.3, 0.4) is 0 Å². The Morgan fingerprint density at radius 3 is 2.06 bits per heavy atom. The topological polar surface area (TPSA) is 89.1 Å². The van der Waals surface area contributed by atoms with Gasteiger partial charge in [0.25, 0.3) is 0 Å². The minimum atomic E-state index is -0.302. The number of carbonyl (C=O) groups is 2. The van der Waals surface area contributed by atoms with Gasteiger partial charge in [-0.15, -0.1) is 0 Å². The molecule has 0 saturated heterocycles. The smallest absolute Gasteiger partial charge is 0.238 e. The Labute approximate surface area is 187 Å². The van der Waals surface area contributed by atoms with Gasteiger partial charge in [-0.25, -0.2) is 0 Å². The number of amides is 2. The average Bonchev–Trinajstić information content (AvgIpc) is 2.70. The first-order chi connectivity index (χ1) is 14.9. The van der Waals surface area contributed by atoms with E-state index in [1.54, 1.807) is 48.3 Å². The fourth-order valence-corrected chi connectivity index (χ4v) is 3.02. The summed E-state index contributed by atoms with van der Waals surface area (Å²) in [7, 11) is 3.18. The quantitative estimate of drug-likeness (QED) is 0.544. The highest BCUT2D eigenvalue weighted by molar-refractivity contribution is 6.31. The molecule has 0 heterocycles. The molecule has 2 amide bonds. The van der Waals surface area contributed by atoms with Crippen LogP contribution >= 0.6 is 11.6 Å². The Balaban J connectivity index is 1.96. The summed E-state index contributed by atoms with van der Waals surface area (Å²) in [6, 6.07) is 10.2. The maximum Gasteiger partial charge on any atom is 0.238 e. The van der Waals surface area contributed by atoms with Crippen molar-refractivity contribution in [3.05, 3.63) is 41.4 Å². The molecule has 0 spiro atoms. The van der Waals surface area contributed by atoms with Gasteiger partial charge in [-0.2, -0.15) is 0 Å². The summed E-state index contributed by atoms with van der Waals surface area (Å²) in [5.41, 5.74) is 0.978. The Hall–Kier alpha value is -2.97. The van der Waals surface area contributed by atoms with Crippen LogP contribution in [0.5, 0.6) is 17.2 Å². The fraction of sp³-hybridized carbons (Fsp3) is 0.364.